The van der Waals surface area contributed by atoms with Crippen LogP contribution in [0.5, 0.6) is 5.75 Å². The van der Waals surface area contributed by atoms with Crippen molar-refractivity contribution in [2.75, 3.05) is 26.4 Å². The van der Waals surface area contributed by atoms with E-state index in [1.54, 1.807) is 0 Å². The molecule has 2 unspecified atom stereocenters. The number of carbonyl (C=O) groups is 2. The molecule has 3 fully saturated rings. The van der Waals surface area contributed by atoms with Crippen LogP contribution in [0.2, 0.25) is 0 Å². The second-order valence-electron chi connectivity index (χ2n) is 9.64. The third kappa shape index (κ3) is 4.37. The lowest BCUT2D eigenvalue weighted by atomic mass is 9.80. The van der Waals surface area contributed by atoms with Crippen LogP contribution in [-0.2, 0) is 19.1 Å². The maximum atomic E-state index is 13.2. The monoisotopic (exact) mass is 442 g/mol. The van der Waals surface area contributed by atoms with Crippen LogP contribution in [0.4, 0.5) is 0 Å². The molecule has 4 heterocycles. The van der Waals surface area contributed by atoms with Gasteiger partial charge in [0.15, 0.2) is 6.61 Å². The average Bonchev–Trinajstić information content (AvgIpc) is 3.47. The summed E-state index contributed by atoms with van der Waals surface area (Å²) in [7, 11) is 0. The Labute approximate surface area is 189 Å². The number of amides is 2. The highest BCUT2D eigenvalue weighted by Crippen LogP contribution is 2.40. The molecule has 174 valence electrons. The number of ether oxygens (including phenoxy) is 3. The maximum Gasteiger partial charge on any atom is 0.260 e. The van der Waals surface area contributed by atoms with Gasteiger partial charge < -0.3 is 24.4 Å². The van der Waals surface area contributed by atoms with E-state index in [0.29, 0.717) is 25.7 Å². The third-order valence-corrected chi connectivity index (χ3v) is 7.64. The Morgan fingerprint density at radius 1 is 1.09 bits per heavy atom. The van der Waals surface area contributed by atoms with E-state index in [4.69, 9.17) is 14.2 Å². The van der Waals surface area contributed by atoms with E-state index in [9.17, 15) is 9.59 Å². The maximum absolute atomic E-state index is 13.2. The first-order chi connectivity index (χ1) is 15.6. The lowest BCUT2D eigenvalue weighted by molar-refractivity contribution is -0.137. The Balaban J connectivity index is 1.35. The SMILES string of the molecule is Cc1cccc2c1C1CCC(CC1)OCC1C(NC(=O)[C@@H]3CCCO3)CCN1C(=O)CO2. The summed E-state index contributed by atoms with van der Waals surface area (Å²) in [5, 5.41) is 3.15. The lowest BCUT2D eigenvalue weighted by Gasteiger charge is -2.32. The Morgan fingerprint density at radius 2 is 1.94 bits per heavy atom. The van der Waals surface area contributed by atoms with Crippen LogP contribution in [-0.4, -0.2) is 67.4 Å². The van der Waals surface area contributed by atoms with Gasteiger partial charge in [-0.05, 0) is 69.4 Å². The van der Waals surface area contributed by atoms with E-state index < -0.39 is 0 Å². The number of aryl methyl sites for hydroxylation is 1. The van der Waals surface area contributed by atoms with Crippen molar-refractivity contribution >= 4 is 11.8 Å². The lowest BCUT2D eigenvalue weighted by Crippen LogP contribution is -2.52. The van der Waals surface area contributed by atoms with Gasteiger partial charge in [0, 0.05) is 18.7 Å². The minimum absolute atomic E-state index is 0.00943. The molecule has 7 nitrogen and oxygen atoms in total. The van der Waals surface area contributed by atoms with Crippen LogP contribution in [0.15, 0.2) is 18.2 Å². The van der Waals surface area contributed by atoms with Crippen LogP contribution < -0.4 is 10.1 Å². The topological polar surface area (TPSA) is 77.1 Å². The Morgan fingerprint density at radius 3 is 2.72 bits per heavy atom. The molecule has 1 aliphatic carbocycles. The molecule has 0 spiro atoms. The van der Waals surface area contributed by atoms with Gasteiger partial charge in [-0.3, -0.25) is 9.59 Å². The highest BCUT2D eigenvalue weighted by molar-refractivity contribution is 5.82. The summed E-state index contributed by atoms with van der Waals surface area (Å²) in [4.78, 5) is 27.7. The number of fused-ring (bicyclic) bond motifs is 5. The van der Waals surface area contributed by atoms with Crippen molar-refractivity contribution in [2.45, 2.75) is 82.1 Å². The molecule has 2 bridgehead atoms. The van der Waals surface area contributed by atoms with Gasteiger partial charge in [0.2, 0.25) is 5.91 Å². The number of hydrogen-bond acceptors (Lipinski definition) is 5. The van der Waals surface area contributed by atoms with Crippen LogP contribution in [0.25, 0.3) is 0 Å². The van der Waals surface area contributed by atoms with Crippen molar-refractivity contribution in [3.8, 4) is 5.75 Å². The Kier molecular flexibility index (Phi) is 6.37. The predicted molar refractivity (Wildman–Crippen MR) is 119 cm³/mol. The fourth-order valence-electron chi connectivity index (χ4n) is 5.88. The van der Waals surface area contributed by atoms with Crippen molar-refractivity contribution in [3.63, 3.8) is 0 Å². The van der Waals surface area contributed by atoms with Crippen molar-refractivity contribution in [2.24, 2.45) is 0 Å². The zero-order chi connectivity index (χ0) is 22.1. The third-order valence-electron chi connectivity index (χ3n) is 7.64. The van der Waals surface area contributed by atoms with Gasteiger partial charge in [-0.1, -0.05) is 12.1 Å². The van der Waals surface area contributed by atoms with E-state index in [1.165, 1.54) is 11.1 Å². The molecule has 5 aliphatic rings. The number of nitrogens with one attached hydrogen (secondary N) is 1. The average molecular weight is 443 g/mol. The van der Waals surface area contributed by atoms with Gasteiger partial charge in [-0.2, -0.15) is 0 Å². The van der Waals surface area contributed by atoms with Gasteiger partial charge in [0.1, 0.15) is 11.9 Å². The summed E-state index contributed by atoms with van der Waals surface area (Å²) in [6.07, 6.45) is 6.37. The summed E-state index contributed by atoms with van der Waals surface area (Å²) < 4.78 is 18.0. The molecule has 1 N–H and O–H groups in total. The zero-order valence-electron chi connectivity index (χ0n) is 18.9. The summed E-state index contributed by atoms with van der Waals surface area (Å²) in [5.74, 6) is 1.17. The summed E-state index contributed by atoms with van der Waals surface area (Å²) >= 11 is 0. The standard InChI is InChI=1S/C25H34N2O5/c1-16-4-2-5-21-24(16)17-7-9-18(10-8-17)31-14-20-19(11-12-27(20)23(28)15-32-21)26-25(29)22-6-3-13-30-22/h2,4-5,17-20,22H,3,6-15H2,1H3,(H,26,29)/t17?,18?,19?,20?,22-/m0/s1. The molecule has 4 aliphatic heterocycles. The Hall–Kier alpha value is -2.12. The molecule has 1 aromatic carbocycles. The smallest absolute Gasteiger partial charge is 0.260 e. The number of carbonyl (C=O) groups excluding carboxylic acids is 2. The Bertz CT molecular complexity index is 845. The first-order valence-corrected chi connectivity index (χ1v) is 12.2. The van der Waals surface area contributed by atoms with Crippen LogP contribution in [0, 0.1) is 6.92 Å². The van der Waals surface area contributed by atoms with Crippen LogP contribution >= 0.6 is 0 Å². The second-order valence-corrected chi connectivity index (χ2v) is 9.64. The summed E-state index contributed by atoms with van der Waals surface area (Å²) in [5.41, 5.74) is 2.47. The van der Waals surface area contributed by atoms with Gasteiger partial charge in [0.05, 0.1) is 24.8 Å². The fraction of sp³-hybridized carbons (Fsp3) is 0.680. The highest BCUT2D eigenvalue weighted by atomic mass is 16.5. The predicted octanol–water partition coefficient (Wildman–Crippen LogP) is 2.69. The summed E-state index contributed by atoms with van der Waals surface area (Å²) in [6, 6.07) is 5.83. The van der Waals surface area contributed by atoms with E-state index in [-0.39, 0.29) is 42.7 Å². The minimum atomic E-state index is -0.367. The van der Waals surface area contributed by atoms with Crippen LogP contribution in [0.1, 0.15) is 62.0 Å². The zero-order valence-corrected chi connectivity index (χ0v) is 18.9. The molecule has 6 rings (SSSR count). The largest absolute Gasteiger partial charge is 0.483 e. The molecular formula is C25H34N2O5. The van der Waals surface area contributed by atoms with Crippen molar-refractivity contribution in [3.05, 3.63) is 29.3 Å². The fourth-order valence-corrected chi connectivity index (χ4v) is 5.88. The van der Waals surface area contributed by atoms with Crippen LogP contribution in [0.3, 0.4) is 0 Å². The van der Waals surface area contributed by atoms with Crippen molar-refractivity contribution in [1.29, 1.82) is 0 Å². The summed E-state index contributed by atoms with van der Waals surface area (Å²) in [6.45, 7) is 3.82. The molecule has 1 saturated carbocycles. The van der Waals surface area contributed by atoms with Gasteiger partial charge >= 0.3 is 0 Å². The molecule has 0 aromatic heterocycles. The first-order valence-electron chi connectivity index (χ1n) is 12.2. The van der Waals surface area contributed by atoms with Gasteiger partial charge in [-0.25, -0.2) is 0 Å². The number of rotatable bonds is 2. The van der Waals surface area contributed by atoms with Gasteiger partial charge in [-0.15, -0.1) is 0 Å². The molecule has 2 saturated heterocycles. The quantitative estimate of drug-likeness (QED) is 0.762. The molecule has 0 radical (unpaired) electrons. The molecular weight excluding hydrogens is 408 g/mol. The highest BCUT2D eigenvalue weighted by Gasteiger charge is 2.40. The molecule has 3 atom stereocenters. The molecule has 2 amide bonds. The van der Waals surface area contributed by atoms with Gasteiger partial charge in [0.25, 0.3) is 5.91 Å². The van der Waals surface area contributed by atoms with Crippen molar-refractivity contribution in [1.82, 2.24) is 10.2 Å². The van der Waals surface area contributed by atoms with E-state index >= 15 is 0 Å². The van der Waals surface area contributed by atoms with E-state index in [2.05, 4.69) is 18.3 Å². The van der Waals surface area contributed by atoms with E-state index in [0.717, 1.165) is 50.7 Å². The van der Waals surface area contributed by atoms with E-state index in [1.807, 2.05) is 17.0 Å². The molecule has 32 heavy (non-hydrogen) atoms. The number of benzene rings is 1. The minimum Gasteiger partial charge on any atom is -0.483 e. The normalized spacial score (nSPS) is 32.8. The second kappa shape index (κ2) is 9.40. The van der Waals surface area contributed by atoms with Crippen molar-refractivity contribution < 1.29 is 23.8 Å². The molecule has 1 aromatic rings. The molecule has 7 heteroatoms. The number of hydrogen-bond donors (Lipinski definition) is 1. The number of nitrogens with zero attached hydrogens (tertiary/aromatic N) is 1. The first kappa shape index (κ1) is 21.7.